The quantitative estimate of drug-likeness (QED) is 0.675. The van der Waals surface area contributed by atoms with E-state index in [9.17, 15) is 18.8 Å². The molecule has 1 heterocycles. The van der Waals surface area contributed by atoms with Gasteiger partial charge in [-0.05, 0) is 74.1 Å². The largest absolute Gasteiger partial charge is 0.497 e. The molecule has 33 heavy (non-hydrogen) atoms. The number of benzene rings is 2. The third-order valence-corrected chi connectivity index (χ3v) is 6.21. The summed E-state index contributed by atoms with van der Waals surface area (Å²) in [6, 6.07) is 11.8. The number of likely N-dealkylation sites (tertiary alicyclic amines) is 1. The van der Waals surface area contributed by atoms with E-state index in [1.54, 1.807) is 42.3 Å². The maximum Gasteiger partial charge on any atom is 0.253 e. The molecule has 0 bridgehead atoms. The van der Waals surface area contributed by atoms with Gasteiger partial charge in [0.05, 0.1) is 7.11 Å². The number of hydrogen-bond donors (Lipinski definition) is 2. The van der Waals surface area contributed by atoms with Gasteiger partial charge in [0, 0.05) is 30.3 Å². The average Bonchev–Trinajstić information content (AvgIpc) is 3.66. The van der Waals surface area contributed by atoms with Crippen molar-refractivity contribution in [2.24, 2.45) is 5.92 Å². The minimum absolute atomic E-state index is 0.109. The van der Waals surface area contributed by atoms with Crippen LogP contribution in [0.2, 0.25) is 0 Å². The molecule has 3 amide bonds. The van der Waals surface area contributed by atoms with Crippen LogP contribution < -0.4 is 15.4 Å². The molecule has 2 fully saturated rings. The third kappa shape index (κ3) is 5.69. The molecule has 2 aromatic rings. The molecule has 7 nitrogen and oxygen atoms in total. The zero-order valence-electron chi connectivity index (χ0n) is 18.6. The molecule has 0 radical (unpaired) electrons. The summed E-state index contributed by atoms with van der Waals surface area (Å²) < 4.78 is 18.6. The predicted octanol–water partition coefficient (Wildman–Crippen LogP) is 2.76. The second kappa shape index (κ2) is 10.0. The van der Waals surface area contributed by atoms with Crippen molar-refractivity contribution in [3.63, 3.8) is 0 Å². The summed E-state index contributed by atoms with van der Waals surface area (Å²) in [4.78, 5) is 40.2. The number of nitrogens with one attached hydrogen (secondary N) is 2. The van der Waals surface area contributed by atoms with E-state index in [1.165, 1.54) is 18.2 Å². The molecule has 1 atom stereocenters. The molecule has 2 aromatic carbocycles. The summed E-state index contributed by atoms with van der Waals surface area (Å²) in [6.45, 7) is 0.872. The van der Waals surface area contributed by atoms with Gasteiger partial charge in [0.2, 0.25) is 5.91 Å². The Bertz CT molecular complexity index is 1010. The lowest BCUT2D eigenvalue weighted by Gasteiger charge is -2.36. The van der Waals surface area contributed by atoms with E-state index in [4.69, 9.17) is 4.74 Å². The topological polar surface area (TPSA) is 87.7 Å². The van der Waals surface area contributed by atoms with Crippen LogP contribution in [0.4, 0.5) is 4.39 Å². The lowest BCUT2D eigenvalue weighted by molar-refractivity contribution is -0.124. The van der Waals surface area contributed by atoms with Gasteiger partial charge in [-0.2, -0.15) is 0 Å². The summed E-state index contributed by atoms with van der Waals surface area (Å²) in [6.07, 6.45) is 3.02. The van der Waals surface area contributed by atoms with Gasteiger partial charge >= 0.3 is 0 Å². The Balaban J connectivity index is 1.42. The van der Waals surface area contributed by atoms with Crippen LogP contribution in [0.15, 0.2) is 48.5 Å². The number of piperidine rings is 1. The number of rotatable bonds is 7. The molecule has 0 unspecified atom stereocenters. The fourth-order valence-electron chi connectivity index (χ4n) is 4.12. The van der Waals surface area contributed by atoms with Crippen molar-refractivity contribution >= 4 is 17.7 Å². The van der Waals surface area contributed by atoms with Crippen molar-refractivity contribution in [3.8, 4) is 5.75 Å². The van der Waals surface area contributed by atoms with Gasteiger partial charge in [-0.25, -0.2) is 4.39 Å². The highest BCUT2D eigenvalue weighted by molar-refractivity contribution is 5.98. The van der Waals surface area contributed by atoms with Gasteiger partial charge in [0.15, 0.2) is 0 Å². The fourth-order valence-corrected chi connectivity index (χ4v) is 4.12. The first-order valence-corrected chi connectivity index (χ1v) is 11.2. The number of carbonyl (C=O) groups is 3. The standard InChI is InChI=1S/C25H28FN3O4/c1-33-21-9-5-17(6-10-21)23(30)28-22(24(31)27-20-7-8-20)16-11-13-29(14-12-16)25(32)18-3-2-4-19(26)15-18/h2-6,9-10,15-16,20,22H,7-8,11-14H2,1H3,(H,27,31)(H,28,30)/t22-/m0/s1. The minimum Gasteiger partial charge on any atom is -0.497 e. The van der Waals surface area contributed by atoms with Crippen LogP contribution in [0.25, 0.3) is 0 Å². The van der Waals surface area contributed by atoms with Crippen LogP contribution in [0.3, 0.4) is 0 Å². The number of nitrogens with zero attached hydrogens (tertiary/aromatic N) is 1. The van der Waals surface area contributed by atoms with Crippen molar-refractivity contribution in [2.75, 3.05) is 20.2 Å². The first-order valence-electron chi connectivity index (χ1n) is 11.2. The molecule has 8 heteroatoms. The van der Waals surface area contributed by atoms with Crippen molar-refractivity contribution < 1.29 is 23.5 Å². The Hall–Kier alpha value is -3.42. The van der Waals surface area contributed by atoms with E-state index < -0.39 is 11.9 Å². The van der Waals surface area contributed by atoms with E-state index in [1.807, 2.05) is 0 Å². The van der Waals surface area contributed by atoms with Crippen molar-refractivity contribution in [3.05, 3.63) is 65.5 Å². The Morgan fingerprint density at radius 2 is 1.70 bits per heavy atom. The van der Waals surface area contributed by atoms with Crippen molar-refractivity contribution in [1.29, 1.82) is 0 Å². The van der Waals surface area contributed by atoms with E-state index in [0.717, 1.165) is 12.8 Å². The molecule has 1 saturated carbocycles. The van der Waals surface area contributed by atoms with Crippen LogP contribution >= 0.6 is 0 Å². The molecule has 4 rings (SSSR count). The predicted molar refractivity (Wildman–Crippen MR) is 120 cm³/mol. The molecule has 0 aromatic heterocycles. The molecular formula is C25H28FN3O4. The van der Waals surface area contributed by atoms with E-state index >= 15 is 0 Å². The molecule has 1 aliphatic carbocycles. The zero-order chi connectivity index (χ0) is 23.4. The van der Waals surface area contributed by atoms with Gasteiger partial charge in [0.25, 0.3) is 11.8 Å². The molecule has 2 N–H and O–H groups in total. The smallest absolute Gasteiger partial charge is 0.253 e. The van der Waals surface area contributed by atoms with Gasteiger partial charge < -0.3 is 20.3 Å². The lowest BCUT2D eigenvalue weighted by Crippen LogP contribution is -2.54. The molecular weight excluding hydrogens is 425 g/mol. The molecule has 174 valence electrons. The highest BCUT2D eigenvalue weighted by Gasteiger charge is 2.36. The highest BCUT2D eigenvalue weighted by atomic mass is 19.1. The minimum atomic E-state index is -0.688. The monoisotopic (exact) mass is 453 g/mol. The maximum atomic E-state index is 13.5. The van der Waals surface area contributed by atoms with Crippen LogP contribution in [0.1, 0.15) is 46.4 Å². The summed E-state index contributed by atoms with van der Waals surface area (Å²) in [7, 11) is 1.55. The van der Waals surface area contributed by atoms with Gasteiger partial charge in [-0.3, -0.25) is 14.4 Å². The second-order valence-electron chi connectivity index (χ2n) is 8.60. The first-order chi connectivity index (χ1) is 15.9. The van der Waals surface area contributed by atoms with Crippen LogP contribution in [0, 0.1) is 11.7 Å². The third-order valence-electron chi connectivity index (χ3n) is 6.21. The molecule has 0 spiro atoms. The lowest BCUT2D eigenvalue weighted by atomic mass is 9.88. The van der Waals surface area contributed by atoms with Crippen molar-refractivity contribution in [1.82, 2.24) is 15.5 Å². The Labute approximate surface area is 192 Å². The number of methoxy groups -OCH3 is 1. The highest BCUT2D eigenvalue weighted by Crippen LogP contribution is 2.25. The molecule has 2 aliphatic rings. The Morgan fingerprint density at radius 3 is 2.30 bits per heavy atom. The summed E-state index contributed by atoms with van der Waals surface area (Å²) in [5.41, 5.74) is 0.753. The SMILES string of the molecule is COc1ccc(C(=O)N[C@H](C(=O)NC2CC2)C2CCN(C(=O)c3cccc(F)c3)CC2)cc1. The van der Waals surface area contributed by atoms with Gasteiger partial charge in [0.1, 0.15) is 17.6 Å². The maximum absolute atomic E-state index is 13.5. The van der Waals surface area contributed by atoms with E-state index in [0.29, 0.717) is 42.8 Å². The zero-order valence-corrected chi connectivity index (χ0v) is 18.6. The Morgan fingerprint density at radius 1 is 1.00 bits per heavy atom. The normalized spacial score (nSPS) is 17.2. The first kappa shape index (κ1) is 22.8. The summed E-state index contributed by atoms with van der Waals surface area (Å²) in [5, 5.41) is 5.91. The van der Waals surface area contributed by atoms with Crippen molar-refractivity contribution in [2.45, 2.75) is 37.8 Å². The number of carbonyl (C=O) groups excluding carboxylic acids is 3. The number of hydrogen-bond acceptors (Lipinski definition) is 4. The second-order valence-corrected chi connectivity index (χ2v) is 8.60. The Kier molecular flexibility index (Phi) is 6.91. The number of amides is 3. The average molecular weight is 454 g/mol. The van der Waals surface area contributed by atoms with E-state index in [-0.39, 0.29) is 29.7 Å². The van der Waals surface area contributed by atoms with Gasteiger partial charge in [-0.15, -0.1) is 0 Å². The fraction of sp³-hybridized carbons (Fsp3) is 0.400. The van der Waals surface area contributed by atoms with Gasteiger partial charge in [-0.1, -0.05) is 6.07 Å². The van der Waals surface area contributed by atoms with Crippen LogP contribution in [0.5, 0.6) is 5.75 Å². The number of ether oxygens (including phenoxy) is 1. The van der Waals surface area contributed by atoms with E-state index in [2.05, 4.69) is 10.6 Å². The summed E-state index contributed by atoms with van der Waals surface area (Å²) in [5.74, 6) is -0.656. The van der Waals surface area contributed by atoms with Crippen LogP contribution in [-0.2, 0) is 4.79 Å². The molecule has 1 saturated heterocycles. The summed E-state index contributed by atoms with van der Waals surface area (Å²) >= 11 is 0. The number of halogens is 1. The van der Waals surface area contributed by atoms with Crippen LogP contribution in [-0.4, -0.2) is 54.9 Å². The molecule has 1 aliphatic heterocycles.